The Hall–Kier alpha value is -1.59. The van der Waals surface area contributed by atoms with Gasteiger partial charge < -0.3 is 9.80 Å². The van der Waals surface area contributed by atoms with Crippen molar-refractivity contribution in [3.05, 3.63) is 0 Å². The molecule has 0 spiro atoms. The van der Waals surface area contributed by atoms with Crippen LogP contribution in [0.2, 0.25) is 0 Å². The molecule has 3 saturated heterocycles. The van der Waals surface area contributed by atoms with E-state index in [-0.39, 0.29) is 35.8 Å². The first kappa shape index (κ1) is 16.3. The van der Waals surface area contributed by atoms with Gasteiger partial charge in [-0.15, -0.1) is 0 Å². The van der Waals surface area contributed by atoms with E-state index in [1.54, 1.807) is 9.80 Å². The lowest BCUT2D eigenvalue weighted by Gasteiger charge is -2.32. The molecule has 128 valence electrons. The van der Waals surface area contributed by atoms with Crippen LogP contribution in [0.25, 0.3) is 0 Å². The van der Waals surface area contributed by atoms with E-state index in [9.17, 15) is 14.4 Å². The molecule has 3 heterocycles. The monoisotopic (exact) mass is 321 g/mol. The summed E-state index contributed by atoms with van der Waals surface area (Å²) in [6, 6.07) is -0.504. The molecule has 23 heavy (non-hydrogen) atoms. The molecule has 3 fully saturated rings. The number of amides is 4. The van der Waals surface area contributed by atoms with Crippen molar-refractivity contribution in [1.29, 1.82) is 0 Å². The van der Waals surface area contributed by atoms with Crippen LogP contribution < -0.4 is 0 Å². The highest BCUT2D eigenvalue weighted by molar-refractivity contribution is 6.08. The highest BCUT2D eigenvalue weighted by atomic mass is 16.2. The fraction of sp³-hybridized carbons (Fsp3) is 0.824. The van der Waals surface area contributed by atoms with Gasteiger partial charge in [0, 0.05) is 25.0 Å². The van der Waals surface area contributed by atoms with Gasteiger partial charge in [-0.05, 0) is 40.0 Å². The first-order valence-corrected chi connectivity index (χ1v) is 8.68. The number of likely N-dealkylation sites (tertiary alicyclic amines) is 1. The van der Waals surface area contributed by atoms with E-state index >= 15 is 0 Å². The minimum Gasteiger partial charge on any atom is -0.336 e. The fourth-order valence-electron chi connectivity index (χ4n) is 4.43. The third-order valence-corrected chi connectivity index (χ3v) is 5.49. The van der Waals surface area contributed by atoms with Crippen LogP contribution in [0.4, 0.5) is 4.79 Å². The highest BCUT2D eigenvalue weighted by Gasteiger charge is 2.61. The van der Waals surface area contributed by atoms with Crippen LogP contribution in [0, 0.1) is 0 Å². The molecule has 0 radical (unpaired) electrons. The van der Waals surface area contributed by atoms with Crippen LogP contribution in [-0.2, 0) is 9.59 Å². The summed E-state index contributed by atoms with van der Waals surface area (Å²) in [7, 11) is 0. The number of carbonyl (C=O) groups is 3. The van der Waals surface area contributed by atoms with E-state index in [2.05, 4.69) is 0 Å². The zero-order valence-corrected chi connectivity index (χ0v) is 14.6. The van der Waals surface area contributed by atoms with Crippen LogP contribution in [0.1, 0.15) is 59.8 Å². The Morgan fingerprint density at radius 2 is 1.91 bits per heavy atom. The molecule has 4 amide bonds. The average Bonchev–Trinajstić information content (AvgIpc) is 3.07. The van der Waals surface area contributed by atoms with Gasteiger partial charge >= 0.3 is 6.03 Å². The molecule has 0 N–H and O–H groups in total. The van der Waals surface area contributed by atoms with Crippen LogP contribution in [0.3, 0.4) is 0 Å². The van der Waals surface area contributed by atoms with Gasteiger partial charge in [0.15, 0.2) is 0 Å². The molecule has 3 rings (SSSR count). The summed E-state index contributed by atoms with van der Waals surface area (Å²) in [5.74, 6) is -0.0462. The number of rotatable bonds is 3. The van der Waals surface area contributed by atoms with E-state index in [4.69, 9.17) is 0 Å². The number of carbonyl (C=O) groups excluding carboxylic acids is 3. The third-order valence-electron chi connectivity index (χ3n) is 5.49. The zero-order chi connectivity index (χ0) is 17.0. The molecule has 3 aliphatic heterocycles. The van der Waals surface area contributed by atoms with Gasteiger partial charge in [0.25, 0.3) is 5.91 Å². The molecule has 0 aromatic rings. The maximum atomic E-state index is 13.1. The lowest BCUT2D eigenvalue weighted by Crippen LogP contribution is -2.48. The Kier molecular flexibility index (Phi) is 3.69. The van der Waals surface area contributed by atoms with Crippen molar-refractivity contribution in [2.24, 2.45) is 0 Å². The van der Waals surface area contributed by atoms with Gasteiger partial charge in [-0.3, -0.25) is 14.5 Å². The normalized spacial score (nSPS) is 31.6. The van der Waals surface area contributed by atoms with Crippen molar-refractivity contribution in [3.8, 4) is 0 Å². The largest absolute Gasteiger partial charge is 0.336 e. The number of hydrogen-bond donors (Lipinski definition) is 0. The van der Waals surface area contributed by atoms with Crippen LogP contribution >= 0.6 is 0 Å². The second-order valence-electron chi connectivity index (χ2n) is 8.03. The van der Waals surface area contributed by atoms with E-state index in [0.717, 1.165) is 25.7 Å². The molecule has 0 aliphatic carbocycles. The predicted molar refractivity (Wildman–Crippen MR) is 85.7 cm³/mol. The standard InChI is InChI=1S/C17H27N3O3/c1-5-7-17-8-6-9-18(17)15(23)20(14(17)22)12-10-13(21)19(11-12)16(2,3)4/h12H,5-11H2,1-4H3/t12-,17+/m0/s1. The van der Waals surface area contributed by atoms with Crippen LogP contribution in [-0.4, -0.2) is 62.8 Å². The van der Waals surface area contributed by atoms with Gasteiger partial charge in [0.05, 0.1) is 6.04 Å². The van der Waals surface area contributed by atoms with E-state index in [1.807, 2.05) is 27.7 Å². The Labute approximate surface area is 137 Å². The Morgan fingerprint density at radius 3 is 2.48 bits per heavy atom. The lowest BCUT2D eigenvalue weighted by molar-refractivity contribution is -0.134. The number of hydrogen-bond acceptors (Lipinski definition) is 3. The highest BCUT2D eigenvalue weighted by Crippen LogP contribution is 2.43. The number of imide groups is 1. The van der Waals surface area contributed by atoms with Crippen molar-refractivity contribution < 1.29 is 14.4 Å². The first-order valence-electron chi connectivity index (χ1n) is 8.68. The SMILES string of the molecule is CCC[C@]12CCCN1C(=O)N([C@H]1CC(=O)N(C(C)(C)C)C1)C2=O. The quantitative estimate of drug-likeness (QED) is 0.747. The van der Waals surface area contributed by atoms with Crippen LogP contribution in [0.15, 0.2) is 0 Å². The topological polar surface area (TPSA) is 60.9 Å². The number of urea groups is 1. The van der Waals surface area contributed by atoms with Gasteiger partial charge in [0.1, 0.15) is 5.54 Å². The molecule has 0 aromatic carbocycles. The first-order chi connectivity index (χ1) is 10.7. The predicted octanol–water partition coefficient (Wildman–Crippen LogP) is 1.98. The molecule has 0 unspecified atom stereocenters. The molecule has 0 aromatic heterocycles. The zero-order valence-electron chi connectivity index (χ0n) is 14.6. The summed E-state index contributed by atoms with van der Waals surface area (Å²) in [6.07, 6.45) is 3.50. The Balaban J connectivity index is 1.86. The third kappa shape index (κ3) is 2.25. The molecule has 6 heteroatoms. The van der Waals surface area contributed by atoms with Crippen molar-refractivity contribution in [2.75, 3.05) is 13.1 Å². The van der Waals surface area contributed by atoms with Crippen molar-refractivity contribution in [1.82, 2.24) is 14.7 Å². The summed E-state index contributed by atoms with van der Waals surface area (Å²) < 4.78 is 0. The maximum absolute atomic E-state index is 13.1. The second-order valence-corrected chi connectivity index (χ2v) is 8.03. The van der Waals surface area contributed by atoms with Gasteiger partial charge in [-0.1, -0.05) is 13.3 Å². The summed E-state index contributed by atoms with van der Waals surface area (Å²) >= 11 is 0. The van der Waals surface area contributed by atoms with E-state index in [1.165, 1.54) is 4.90 Å². The molecule has 2 atom stereocenters. The summed E-state index contributed by atoms with van der Waals surface area (Å²) in [4.78, 5) is 43.2. The second kappa shape index (κ2) is 5.21. The molecule has 0 saturated carbocycles. The summed E-state index contributed by atoms with van der Waals surface area (Å²) in [5, 5.41) is 0. The van der Waals surface area contributed by atoms with Crippen LogP contribution in [0.5, 0.6) is 0 Å². The van der Waals surface area contributed by atoms with Crippen molar-refractivity contribution in [3.63, 3.8) is 0 Å². The van der Waals surface area contributed by atoms with E-state index in [0.29, 0.717) is 13.1 Å². The van der Waals surface area contributed by atoms with Crippen molar-refractivity contribution >= 4 is 17.8 Å². The molecule has 3 aliphatic rings. The minimum atomic E-state index is -0.635. The van der Waals surface area contributed by atoms with Gasteiger partial charge in [0.2, 0.25) is 5.91 Å². The number of nitrogens with zero attached hydrogens (tertiary/aromatic N) is 3. The summed E-state index contributed by atoms with van der Waals surface area (Å²) in [5.41, 5.74) is -0.918. The smallest absolute Gasteiger partial charge is 0.328 e. The molecule has 6 nitrogen and oxygen atoms in total. The number of fused-ring (bicyclic) bond motifs is 1. The summed E-state index contributed by atoms with van der Waals surface area (Å²) in [6.45, 7) is 9.11. The molecular formula is C17H27N3O3. The molecule has 0 bridgehead atoms. The van der Waals surface area contributed by atoms with Crippen molar-refractivity contribution in [2.45, 2.75) is 76.9 Å². The Bertz CT molecular complexity index is 554. The maximum Gasteiger partial charge on any atom is 0.328 e. The van der Waals surface area contributed by atoms with Gasteiger partial charge in [-0.25, -0.2) is 4.79 Å². The Morgan fingerprint density at radius 1 is 1.22 bits per heavy atom. The van der Waals surface area contributed by atoms with E-state index < -0.39 is 5.54 Å². The lowest BCUT2D eigenvalue weighted by atomic mass is 9.90. The average molecular weight is 321 g/mol. The molecular weight excluding hydrogens is 294 g/mol. The minimum absolute atomic E-state index is 0.0275. The van der Waals surface area contributed by atoms with Gasteiger partial charge in [-0.2, -0.15) is 0 Å². The fourth-order valence-corrected chi connectivity index (χ4v) is 4.43.